The second kappa shape index (κ2) is 3.62. The molecule has 90 valence electrons. The maximum absolute atomic E-state index is 6.10. The molecule has 2 aliphatic rings. The van der Waals surface area contributed by atoms with Crippen molar-refractivity contribution in [3.05, 3.63) is 23.8 Å². The predicted octanol–water partition coefficient (Wildman–Crippen LogP) is 5.62. The first-order chi connectivity index (χ1) is 7.06. The van der Waals surface area contributed by atoms with Crippen LogP contribution in [0.4, 0.5) is 0 Å². The number of halogens is 6. The van der Waals surface area contributed by atoms with E-state index in [1.807, 2.05) is 25.2 Å². The molecule has 0 nitrogen and oxygen atoms in total. The molecule has 0 aliphatic heterocycles. The van der Waals surface area contributed by atoms with Crippen LogP contribution >= 0.6 is 69.6 Å². The monoisotopic (exact) mass is 338 g/mol. The average molecular weight is 341 g/mol. The third-order valence-electron chi connectivity index (χ3n) is 3.52. The Morgan fingerprint density at radius 3 is 1.69 bits per heavy atom. The lowest BCUT2D eigenvalue weighted by atomic mass is 9.69. The number of alkyl halides is 6. The van der Waals surface area contributed by atoms with Crippen LogP contribution in [0, 0.1) is 10.8 Å². The Hall–Kier alpha value is 1.22. The predicted molar refractivity (Wildman–Crippen MR) is 73.0 cm³/mol. The largest absolute Gasteiger partial charge is 0.205 e. The molecule has 2 aliphatic carbocycles. The smallest absolute Gasteiger partial charge is 0.0825 e. The van der Waals surface area contributed by atoms with Crippen LogP contribution < -0.4 is 0 Å². The van der Waals surface area contributed by atoms with Gasteiger partial charge in [-0.3, -0.25) is 0 Å². The van der Waals surface area contributed by atoms with Crippen molar-refractivity contribution in [1.82, 2.24) is 0 Å². The molecule has 0 aromatic rings. The molecule has 0 fully saturated rings. The summed E-state index contributed by atoms with van der Waals surface area (Å²) in [6.45, 7) is 1.93. The average Bonchev–Trinajstić information content (AvgIpc) is 2.49. The summed E-state index contributed by atoms with van der Waals surface area (Å²) in [6, 6.07) is 0. The molecule has 0 heterocycles. The zero-order chi connectivity index (χ0) is 12.4. The molecule has 0 saturated carbocycles. The first-order valence-corrected chi connectivity index (χ1v) is 6.86. The Kier molecular flexibility index (Phi) is 3.09. The van der Waals surface area contributed by atoms with E-state index in [1.165, 1.54) is 0 Å². The zero-order valence-electron chi connectivity index (χ0n) is 8.21. The van der Waals surface area contributed by atoms with Crippen molar-refractivity contribution in [2.75, 3.05) is 0 Å². The van der Waals surface area contributed by atoms with Crippen molar-refractivity contribution in [3.8, 4) is 0 Å². The topological polar surface area (TPSA) is 0 Å². The van der Waals surface area contributed by atoms with Crippen LogP contribution in [0.5, 0.6) is 0 Å². The van der Waals surface area contributed by atoms with Crippen LogP contribution in [0.1, 0.15) is 13.3 Å². The van der Waals surface area contributed by atoms with Crippen LogP contribution in [-0.2, 0) is 0 Å². The van der Waals surface area contributed by atoms with Gasteiger partial charge in [-0.05, 0) is 12.0 Å². The lowest BCUT2D eigenvalue weighted by molar-refractivity contribution is 0.193. The molecule has 1 atom stereocenters. The number of hydrogen-bond donors (Lipinski definition) is 0. The van der Waals surface area contributed by atoms with Crippen LogP contribution in [-0.4, -0.2) is 7.59 Å². The van der Waals surface area contributed by atoms with Gasteiger partial charge in [-0.25, -0.2) is 0 Å². The molecule has 0 N–H and O–H groups in total. The standard InChI is InChI=1S/C10H8Cl6/c1-7-4-2-6(3-5-7)8(7,9(11,12)13)10(14,15)16/h2-4H,5H2,1H3. The second-order valence-electron chi connectivity index (χ2n) is 4.36. The van der Waals surface area contributed by atoms with Gasteiger partial charge in [-0.15, -0.1) is 0 Å². The molecule has 0 aromatic heterocycles. The van der Waals surface area contributed by atoms with E-state index in [-0.39, 0.29) is 0 Å². The fourth-order valence-electron chi connectivity index (χ4n) is 2.75. The Bertz CT molecular complexity index is 369. The molecule has 0 aromatic carbocycles. The van der Waals surface area contributed by atoms with Crippen molar-refractivity contribution in [2.24, 2.45) is 10.8 Å². The normalized spacial score (nSPS) is 32.1. The Morgan fingerprint density at radius 2 is 1.56 bits per heavy atom. The van der Waals surface area contributed by atoms with Crippen molar-refractivity contribution in [2.45, 2.75) is 20.9 Å². The van der Waals surface area contributed by atoms with E-state index in [1.54, 1.807) is 0 Å². The summed E-state index contributed by atoms with van der Waals surface area (Å²) in [5.41, 5.74) is -0.809. The Labute approximate surface area is 124 Å². The van der Waals surface area contributed by atoms with Gasteiger partial charge >= 0.3 is 0 Å². The molecule has 16 heavy (non-hydrogen) atoms. The summed E-state index contributed by atoms with van der Waals surface area (Å²) >= 11 is 36.6. The molecule has 0 amide bonds. The summed E-state index contributed by atoms with van der Waals surface area (Å²) < 4.78 is -3.36. The fourth-order valence-corrected chi connectivity index (χ4v) is 5.99. The van der Waals surface area contributed by atoms with Gasteiger partial charge in [0.05, 0.1) is 5.41 Å². The lowest BCUT2D eigenvalue weighted by Gasteiger charge is -2.49. The first kappa shape index (κ1) is 13.6. The summed E-state index contributed by atoms with van der Waals surface area (Å²) in [7, 11) is 0. The second-order valence-corrected chi connectivity index (χ2v) is 8.92. The highest BCUT2D eigenvalue weighted by atomic mass is 35.6. The van der Waals surface area contributed by atoms with Crippen molar-refractivity contribution >= 4 is 69.6 Å². The van der Waals surface area contributed by atoms with E-state index < -0.39 is 18.4 Å². The van der Waals surface area contributed by atoms with Gasteiger partial charge in [0, 0.05) is 5.41 Å². The number of fused-ring (bicyclic) bond motifs is 2. The molecule has 1 unspecified atom stereocenters. The van der Waals surface area contributed by atoms with Gasteiger partial charge in [0.25, 0.3) is 0 Å². The van der Waals surface area contributed by atoms with Gasteiger partial charge in [-0.2, -0.15) is 0 Å². The van der Waals surface area contributed by atoms with E-state index in [0.717, 1.165) is 5.57 Å². The maximum Gasteiger partial charge on any atom is 0.205 e. The van der Waals surface area contributed by atoms with E-state index >= 15 is 0 Å². The van der Waals surface area contributed by atoms with E-state index in [2.05, 4.69) is 0 Å². The molecule has 0 radical (unpaired) electrons. The SMILES string of the molecule is CC12C=CC(=CC1)C2(C(Cl)(Cl)Cl)C(Cl)(Cl)Cl. The summed E-state index contributed by atoms with van der Waals surface area (Å²) in [4.78, 5) is 0. The van der Waals surface area contributed by atoms with E-state index in [4.69, 9.17) is 69.6 Å². The third kappa shape index (κ3) is 1.44. The Balaban J connectivity index is 2.70. The number of hydrogen-bond acceptors (Lipinski definition) is 0. The Morgan fingerprint density at radius 1 is 1.06 bits per heavy atom. The van der Waals surface area contributed by atoms with Gasteiger partial charge in [0.1, 0.15) is 0 Å². The first-order valence-electron chi connectivity index (χ1n) is 4.60. The van der Waals surface area contributed by atoms with Crippen molar-refractivity contribution in [1.29, 1.82) is 0 Å². The zero-order valence-corrected chi connectivity index (χ0v) is 12.7. The van der Waals surface area contributed by atoms with Crippen molar-refractivity contribution < 1.29 is 0 Å². The third-order valence-corrected chi connectivity index (χ3v) is 5.22. The number of rotatable bonds is 0. The van der Waals surface area contributed by atoms with Gasteiger partial charge < -0.3 is 0 Å². The summed E-state index contributed by atoms with van der Waals surface area (Å²) in [6.07, 6.45) is 6.49. The highest BCUT2D eigenvalue weighted by molar-refractivity contribution is 6.73. The minimum absolute atomic E-state index is 0.473. The lowest BCUT2D eigenvalue weighted by Crippen LogP contribution is -2.53. The molecular weight excluding hydrogens is 333 g/mol. The summed E-state index contributed by atoms with van der Waals surface area (Å²) in [5.74, 6) is 0. The molecule has 0 spiro atoms. The number of allylic oxidation sites excluding steroid dienone is 4. The summed E-state index contributed by atoms with van der Waals surface area (Å²) in [5, 5.41) is 0. The molecule has 2 bridgehead atoms. The molecular formula is C10H8Cl6. The van der Waals surface area contributed by atoms with E-state index in [9.17, 15) is 0 Å². The van der Waals surface area contributed by atoms with Crippen LogP contribution in [0.2, 0.25) is 0 Å². The molecule has 0 saturated heterocycles. The molecule has 6 heteroatoms. The highest BCUT2D eigenvalue weighted by Gasteiger charge is 2.73. The minimum atomic E-state index is -1.68. The van der Waals surface area contributed by atoms with Crippen LogP contribution in [0.25, 0.3) is 0 Å². The quantitative estimate of drug-likeness (QED) is 0.502. The molecule has 2 rings (SSSR count). The minimum Gasteiger partial charge on any atom is -0.0825 e. The van der Waals surface area contributed by atoms with Crippen LogP contribution in [0.3, 0.4) is 0 Å². The van der Waals surface area contributed by atoms with Crippen molar-refractivity contribution in [3.63, 3.8) is 0 Å². The maximum atomic E-state index is 6.10. The van der Waals surface area contributed by atoms with Gasteiger partial charge in [0.15, 0.2) is 0 Å². The van der Waals surface area contributed by atoms with Gasteiger partial charge in [0.2, 0.25) is 7.59 Å². The van der Waals surface area contributed by atoms with E-state index in [0.29, 0.717) is 6.42 Å². The van der Waals surface area contributed by atoms with Gasteiger partial charge in [-0.1, -0.05) is 94.8 Å². The highest BCUT2D eigenvalue weighted by Crippen LogP contribution is 2.75. The fraction of sp³-hybridized carbons (Fsp3) is 0.600. The van der Waals surface area contributed by atoms with Crippen LogP contribution in [0.15, 0.2) is 23.8 Å².